The number of fused-ring (bicyclic) bond motifs is 4. The topological polar surface area (TPSA) is 123 Å². The molecule has 3 aromatic rings. The van der Waals surface area contributed by atoms with Crippen LogP contribution in [0, 0.1) is 0 Å². The Kier molecular flexibility index (Phi) is 8.19. The summed E-state index contributed by atoms with van der Waals surface area (Å²) in [6, 6.07) is 7.92. The van der Waals surface area contributed by atoms with Gasteiger partial charge in [0.15, 0.2) is 0 Å². The van der Waals surface area contributed by atoms with Gasteiger partial charge in [0.1, 0.15) is 23.1 Å². The molecule has 42 heavy (non-hydrogen) atoms. The molecule has 0 aliphatic carbocycles. The number of para-hydroxylation sites is 1. The standard InChI is InChI=1S/C34H40N2O6/c1-20(2)9-7-10-21(3)11-8-14-34(4)30(38)17-25-29(37)16-24-26(31(25)42-34)19-36(32(24)39)28(33(40)41)15-22-18-35-27-13-6-5-12-23(22)27/h5-6,9,11-13,16,18,28,30,35,37-38H,7-8,10,14-15,17,19H2,1-4H3,(H,40,41)/b21-11+/t28-,30+,34+/m1/s1. The summed E-state index contributed by atoms with van der Waals surface area (Å²) < 4.78 is 6.47. The van der Waals surface area contributed by atoms with E-state index in [-0.39, 0.29) is 30.7 Å². The molecule has 0 unspecified atom stereocenters. The smallest absolute Gasteiger partial charge is 0.326 e. The first-order valence-corrected chi connectivity index (χ1v) is 14.6. The summed E-state index contributed by atoms with van der Waals surface area (Å²) in [6.45, 7) is 8.19. The fraction of sp³-hybridized carbons (Fsp3) is 0.412. The summed E-state index contributed by atoms with van der Waals surface area (Å²) in [5.41, 5.74) is 4.60. The number of aromatic hydroxyl groups is 1. The van der Waals surface area contributed by atoms with Crippen molar-refractivity contribution in [3.63, 3.8) is 0 Å². The van der Waals surface area contributed by atoms with Crippen LogP contribution in [0.15, 0.2) is 59.8 Å². The van der Waals surface area contributed by atoms with Crippen molar-refractivity contribution < 1.29 is 29.6 Å². The largest absolute Gasteiger partial charge is 0.508 e. The molecule has 0 spiro atoms. The van der Waals surface area contributed by atoms with E-state index in [9.17, 15) is 24.9 Å². The molecule has 2 aliphatic rings. The molecule has 2 aliphatic heterocycles. The molecule has 0 fully saturated rings. The second-order valence-corrected chi connectivity index (χ2v) is 12.1. The number of carboxylic acids is 1. The number of H-pyrrole nitrogens is 1. The molecule has 3 heterocycles. The fourth-order valence-corrected chi connectivity index (χ4v) is 6.11. The van der Waals surface area contributed by atoms with E-state index >= 15 is 0 Å². The van der Waals surface area contributed by atoms with Gasteiger partial charge in [-0.3, -0.25) is 4.79 Å². The van der Waals surface area contributed by atoms with Gasteiger partial charge >= 0.3 is 5.97 Å². The Hall–Kier alpha value is -4.04. The quantitative estimate of drug-likeness (QED) is 0.219. The predicted molar refractivity (Wildman–Crippen MR) is 162 cm³/mol. The zero-order chi connectivity index (χ0) is 30.2. The molecule has 2 aromatic carbocycles. The molecule has 0 bridgehead atoms. The Morgan fingerprint density at radius 3 is 2.69 bits per heavy atom. The number of aliphatic carboxylic acids is 1. The molecule has 8 heteroatoms. The minimum absolute atomic E-state index is 0.0473. The van der Waals surface area contributed by atoms with E-state index in [1.54, 1.807) is 6.20 Å². The minimum Gasteiger partial charge on any atom is -0.508 e. The number of carbonyl (C=O) groups excluding carboxylic acids is 1. The van der Waals surface area contributed by atoms with Crippen molar-refractivity contribution in [3.8, 4) is 11.5 Å². The Bertz CT molecular complexity index is 1580. The average Bonchev–Trinajstić information content (AvgIpc) is 3.49. The predicted octanol–water partition coefficient (Wildman–Crippen LogP) is 6.05. The van der Waals surface area contributed by atoms with E-state index in [0.717, 1.165) is 29.3 Å². The summed E-state index contributed by atoms with van der Waals surface area (Å²) >= 11 is 0. The van der Waals surface area contributed by atoms with Gasteiger partial charge in [0.2, 0.25) is 0 Å². The van der Waals surface area contributed by atoms with Crippen LogP contribution in [0.2, 0.25) is 0 Å². The molecular formula is C34H40N2O6. The van der Waals surface area contributed by atoms with Crippen LogP contribution in [0.5, 0.6) is 11.5 Å². The number of hydrogen-bond acceptors (Lipinski definition) is 5. The SMILES string of the molecule is CC(C)=CCC/C(C)=C/CC[C@]1(C)Oc2c(c(O)cc3c2CN([C@H](Cc2c[nH]c4ccccc24)C(=O)O)C3=O)C[C@@H]1O. The number of amides is 1. The van der Waals surface area contributed by atoms with Crippen LogP contribution >= 0.6 is 0 Å². The average molecular weight is 573 g/mol. The van der Waals surface area contributed by atoms with Gasteiger partial charge in [0.05, 0.1) is 18.2 Å². The van der Waals surface area contributed by atoms with Crippen LogP contribution in [0.4, 0.5) is 0 Å². The van der Waals surface area contributed by atoms with Crippen molar-refractivity contribution in [1.82, 2.24) is 9.88 Å². The van der Waals surface area contributed by atoms with Gasteiger partial charge in [-0.25, -0.2) is 4.79 Å². The third-order valence-corrected chi connectivity index (χ3v) is 8.70. The second-order valence-electron chi connectivity index (χ2n) is 12.1. The molecule has 4 N–H and O–H groups in total. The lowest BCUT2D eigenvalue weighted by molar-refractivity contribution is -0.142. The molecule has 222 valence electrons. The van der Waals surface area contributed by atoms with Crippen molar-refractivity contribution in [1.29, 1.82) is 0 Å². The van der Waals surface area contributed by atoms with Crippen molar-refractivity contribution in [3.05, 3.63) is 82.1 Å². The number of carbonyl (C=O) groups is 2. The number of aromatic nitrogens is 1. The Labute approximate surface area is 246 Å². The monoisotopic (exact) mass is 572 g/mol. The van der Waals surface area contributed by atoms with Gasteiger partial charge in [0, 0.05) is 41.1 Å². The van der Waals surface area contributed by atoms with E-state index in [1.807, 2.05) is 31.2 Å². The molecule has 5 rings (SSSR count). The van der Waals surface area contributed by atoms with Crippen LogP contribution in [-0.2, 0) is 24.2 Å². The zero-order valence-corrected chi connectivity index (χ0v) is 24.7. The third kappa shape index (κ3) is 5.68. The molecular weight excluding hydrogens is 532 g/mol. The number of benzene rings is 2. The van der Waals surface area contributed by atoms with Crippen molar-refractivity contribution in [2.75, 3.05) is 0 Å². The number of hydrogen-bond donors (Lipinski definition) is 4. The van der Waals surface area contributed by atoms with Gasteiger partial charge in [0.25, 0.3) is 5.91 Å². The van der Waals surface area contributed by atoms with Gasteiger partial charge in [-0.15, -0.1) is 0 Å². The number of nitrogens with zero attached hydrogens (tertiary/aromatic N) is 1. The molecule has 1 amide bonds. The Morgan fingerprint density at radius 2 is 1.95 bits per heavy atom. The van der Waals surface area contributed by atoms with Crippen LogP contribution in [0.25, 0.3) is 10.9 Å². The highest BCUT2D eigenvalue weighted by Gasteiger charge is 2.45. The minimum atomic E-state index is -1.11. The normalized spacial score (nSPS) is 20.7. The molecule has 3 atom stereocenters. The van der Waals surface area contributed by atoms with E-state index in [1.165, 1.54) is 22.1 Å². The molecule has 8 nitrogen and oxygen atoms in total. The van der Waals surface area contributed by atoms with Crippen molar-refractivity contribution >= 4 is 22.8 Å². The zero-order valence-electron chi connectivity index (χ0n) is 24.7. The molecule has 1 aromatic heterocycles. The highest BCUT2D eigenvalue weighted by atomic mass is 16.5. The van der Waals surface area contributed by atoms with E-state index < -0.39 is 29.6 Å². The number of aromatic amines is 1. The van der Waals surface area contributed by atoms with Gasteiger partial charge in [-0.05, 0) is 71.1 Å². The summed E-state index contributed by atoms with van der Waals surface area (Å²) in [7, 11) is 0. The number of phenolic OH excluding ortho intramolecular Hbond substituents is 1. The lowest BCUT2D eigenvalue weighted by atomic mass is 9.84. The lowest BCUT2D eigenvalue weighted by Crippen LogP contribution is -2.49. The number of aliphatic hydroxyl groups excluding tert-OH is 1. The Morgan fingerprint density at radius 1 is 1.19 bits per heavy atom. The van der Waals surface area contributed by atoms with Gasteiger partial charge in [-0.1, -0.05) is 41.5 Å². The lowest BCUT2D eigenvalue weighted by Gasteiger charge is -2.41. The number of carboxylic acid groups (broad SMARTS) is 1. The third-order valence-electron chi connectivity index (χ3n) is 8.70. The first kappa shape index (κ1) is 29.5. The van der Waals surface area contributed by atoms with Crippen LogP contribution in [0.1, 0.15) is 80.4 Å². The summed E-state index contributed by atoms with van der Waals surface area (Å²) in [5.74, 6) is -1.30. The summed E-state index contributed by atoms with van der Waals surface area (Å²) in [5, 5.41) is 33.1. The van der Waals surface area contributed by atoms with Gasteiger partial charge < -0.3 is 29.9 Å². The molecule has 0 saturated heterocycles. The number of phenols is 1. The van der Waals surface area contributed by atoms with Crippen molar-refractivity contribution in [2.45, 2.75) is 90.5 Å². The first-order valence-electron chi connectivity index (χ1n) is 14.6. The maximum Gasteiger partial charge on any atom is 0.326 e. The summed E-state index contributed by atoms with van der Waals surface area (Å²) in [6.07, 6.45) is 8.86. The number of aliphatic hydroxyl groups is 1. The number of nitrogens with one attached hydrogen (secondary N) is 1. The summed E-state index contributed by atoms with van der Waals surface area (Å²) in [4.78, 5) is 30.6. The first-order chi connectivity index (χ1) is 20.0. The van der Waals surface area contributed by atoms with E-state index in [0.29, 0.717) is 29.7 Å². The maximum atomic E-state index is 13.6. The number of allylic oxidation sites excluding steroid dienone is 4. The van der Waals surface area contributed by atoms with E-state index in [4.69, 9.17) is 4.74 Å². The highest BCUT2D eigenvalue weighted by molar-refractivity contribution is 6.02. The number of rotatable bonds is 10. The molecule has 0 radical (unpaired) electrons. The van der Waals surface area contributed by atoms with Gasteiger partial charge in [-0.2, -0.15) is 0 Å². The highest BCUT2D eigenvalue weighted by Crippen LogP contribution is 2.46. The van der Waals surface area contributed by atoms with Crippen LogP contribution < -0.4 is 4.74 Å². The van der Waals surface area contributed by atoms with E-state index in [2.05, 4.69) is 37.9 Å². The van der Waals surface area contributed by atoms with Crippen LogP contribution in [0.3, 0.4) is 0 Å². The Balaban J connectivity index is 1.38. The molecule has 0 saturated carbocycles. The van der Waals surface area contributed by atoms with Crippen molar-refractivity contribution in [2.24, 2.45) is 0 Å². The fourth-order valence-electron chi connectivity index (χ4n) is 6.11. The number of ether oxygens (including phenoxy) is 1. The van der Waals surface area contributed by atoms with Crippen LogP contribution in [-0.4, -0.2) is 54.8 Å². The second kappa shape index (κ2) is 11.7. The maximum absolute atomic E-state index is 13.6.